The normalized spacial score (nSPS) is 19.1. The van der Waals surface area contributed by atoms with Gasteiger partial charge in [0.15, 0.2) is 0 Å². The molecule has 0 radical (unpaired) electrons. The summed E-state index contributed by atoms with van der Waals surface area (Å²) >= 11 is 0. The summed E-state index contributed by atoms with van der Waals surface area (Å²) < 4.78 is 0. The van der Waals surface area contributed by atoms with Crippen LogP contribution in [0.1, 0.15) is 38.7 Å². The Bertz CT molecular complexity index is 877. The van der Waals surface area contributed by atoms with Gasteiger partial charge in [0.1, 0.15) is 23.9 Å². The molecule has 11 heteroatoms. The smallest absolute Gasteiger partial charge is 0.326 e. The number of rotatable bonds is 11. The van der Waals surface area contributed by atoms with Crippen molar-refractivity contribution in [2.75, 3.05) is 13.2 Å². The van der Waals surface area contributed by atoms with Crippen LogP contribution in [-0.4, -0.2) is 81.2 Å². The van der Waals surface area contributed by atoms with Crippen LogP contribution >= 0.6 is 0 Å². The molecule has 188 valence electrons. The molecule has 1 heterocycles. The van der Waals surface area contributed by atoms with Crippen molar-refractivity contribution in [3.05, 3.63) is 29.8 Å². The third-order valence-electron chi connectivity index (χ3n) is 6.19. The van der Waals surface area contributed by atoms with E-state index < -0.39 is 48.6 Å². The molecule has 0 spiro atoms. The minimum Gasteiger partial charge on any atom is -0.508 e. The number of hydrogen-bond donors (Lipinski definition) is 6. The van der Waals surface area contributed by atoms with Crippen molar-refractivity contribution in [1.82, 2.24) is 15.5 Å². The largest absolute Gasteiger partial charge is 0.508 e. The highest BCUT2D eigenvalue weighted by Gasteiger charge is 2.38. The van der Waals surface area contributed by atoms with Crippen LogP contribution in [0.3, 0.4) is 0 Å². The van der Waals surface area contributed by atoms with Gasteiger partial charge in [0, 0.05) is 13.0 Å². The van der Waals surface area contributed by atoms with Crippen LogP contribution in [0.25, 0.3) is 0 Å². The number of carbonyl (C=O) groups is 4. The fourth-order valence-electron chi connectivity index (χ4n) is 3.79. The molecule has 1 aliphatic rings. The fraction of sp³-hybridized carbons (Fsp3) is 0.565. The molecule has 5 atom stereocenters. The molecule has 0 aromatic heterocycles. The number of nitrogens with one attached hydrogen (secondary N) is 2. The Labute approximate surface area is 198 Å². The maximum atomic E-state index is 12.9. The molecule has 11 nitrogen and oxygen atoms in total. The highest BCUT2D eigenvalue weighted by molar-refractivity contribution is 5.94. The zero-order chi connectivity index (χ0) is 25.4. The predicted molar refractivity (Wildman–Crippen MR) is 123 cm³/mol. The number of nitrogens with two attached hydrogens (primary N) is 1. The first-order valence-corrected chi connectivity index (χ1v) is 11.4. The van der Waals surface area contributed by atoms with Gasteiger partial charge in [-0.3, -0.25) is 14.4 Å². The zero-order valence-corrected chi connectivity index (χ0v) is 19.4. The summed E-state index contributed by atoms with van der Waals surface area (Å²) in [6.07, 6.45) is 1.63. The van der Waals surface area contributed by atoms with Gasteiger partial charge in [-0.15, -0.1) is 0 Å². The van der Waals surface area contributed by atoms with E-state index in [2.05, 4.69) is 10.6 Å². The second kappa shape index (κ2) is 12.3. The van der Waals surface area contributed by atoms with Crippen LogP contribution < -0.4 is 16.4 Å². The Balaban J connectivity index is 2.03. The average molecular weight is 479 g/mol. The van der Waals surface area contributed by atoms with E-state index in [1.54, 1.807) is 0 Å². The van der Waals surface area contributed by atoms with Gasteiger partial charge >= 0.3 is 5.97 Å². The Hall–Kier alpha value is -3.18. The summed E-state index contributed by atoms with van der Waals surface area (Å²) in [6, 6.07) is 1.57. The van der Waals surface area contributed by atoms with E-state index in [1.165, 1.54) is 29.2 Å². The van der Waals surface area contributed by atoms with Crippen LogP contribution in [-0.2, 0) is 25.6 Å². The van der Waals surface area contributed by atoms with Gasteiger partial charge in [-0.2, -0.15) is 0 Å². The first-order valence-electron chi connectivity index (χ1n) is 11.4. The van der Waals surface area contributed by atoms with Gasteiger partial charge in [0.05, 0.1) is 12.6 Å². The summed E-state index contributed by atoms with van der Waals surface area (Å²) in [4.78, 5) is 51.3. The lowest BCUT2D eigenvalue weighted by atomic mass is 9.98. The van der Waals surface area contributed by atoms with Crippen LogP contribution in [0, 0.1) is 5.92 Å². The fourth-order valence-corrected chi connectivity index (χ4v) is 3.79. The molecule has 5 unspecified atom stereocenters. The van der Waals surface area contributed by atoms with E-state index in [0.717, 1.165) is 0 Å². The molecular formula is C23H34N4O7. The molecule has 0 bridgehead atoms. The average Bonchev–Trinajstić information content (AvgIpc) is 3.31. The number of aliphatic hydroxyl groups excluding tert-OH is 1. The molecule has 1 aromatic rings. The Kier molecular flexibility index (Phi) is 9.82. The molecule has 0 aliphatic carbocycles. The lowest BCUT2D eigenvalue weighted by Crippen LogP contribution is -2.58. The first-order chi connectivity index (χ1) is 16.1. The number of carboxylic acids is 1. The highest BCUT2D eigenvalue weighted by Crippen LogP contribution is 2.21. The Morgan fingerprint density at radius 2 is 1.79 bits per heavy atom. The molecule has 3 amide bonds. The minimum absolute atomic E-state index is 0.0206. The third-order valence-corrected chi connectivity index (χ3v) is 6.19. The second-order valence-corrected chi connectivity index (χ2v) is 8.61. The van der Waals surface area contributed by atoms with E-state index in [0.29, 0.717) is 31.4 Å². The van der Waals surface area contributed by atoms with Gasteiger partial charge in [0.25, 0.3) is 0 Å². The van der Waals surface area contributed by atoms with E-state index in [9.17, 15) is 34.5 Å². The van der Waals surface area contributed by atoms with Gasteiger partial charge in [-0.05, 0) is 36.5 Å². The van der Waals surface area contributed by atoms with Gasteiger partial charge in [0.2, 0.25) is 17.7 Å². The van der Waals surface area contributed by atoms with Gasteiger partial charge < -0.3 is 36.6 Å². The lowest BCUT2D eigenvalue weighted by Gasteiger charge is -2.29. The van der Waals surface area contributed by atoms with Crippen molar-refractivity contribution in [2.24, 2.45) is 11.7 Å². The number of phenolic OH excluding ortho intramolecular Hbond substituents is 1. The van der Waals surface area contributed by atoms with Gasteiger partial charge in [-0.1, -0.05) is 32.4 Å². The third kappa shape index (κ3) is 6.91. The van der Waals surface area contributed by atoms with Crippen molar-refractivity contribution < 1.29 is 34.5 Å². The molecule has 2 rings (SSSR count). The van der Waals surface area contributed by atoms with Crippen molar-refractivity contribution in [1.29, 1.82) is 0 Å². The zero-order valence-electron chi connectivity index (χ0n) is 19.4. The predicted octanol–water partition coefficient (Wildman–Crippen LogP) is -0.654. The molecular weight excluding hydrogens is 444 g/mol. The molecule has 1 aliphatic heterocycles. The lowest BCUT2D eigenvalue weighted by molar-refractivity contribution is -0.143. The van der Waals surface area contributed by atoms with Crippen LogP contribution in [0.5, 0.6) is 5.75 Å². The van der Waals surface area contributed by atoms with Crippen LogP contribution in [0.4, 0.5) is 0 Å². The van der Waals surface area contributed by atoms with Gasteiger partial charge in [-0.25, -0.2) is 4.79 Å². The molecule has 0 saturated carbocycles. The van der Waals surface area contributed by atoms with Crippen molar-refractivity contribution >= 4 is 23.7 Å². The maximum absolute atomic E-state index is 12.9. The number of carbonyl (C=O) groups excluding carboxylic acids is 3. The summed E-state index contributed by atoms with van der Waals surface area (Å²) in [5.41, 5.74) is 6.61. The number of aromatic hydroxyl groups is 1. The number of likely N-dealkylation sites (tertiary alicyclic amines) is 1. The molecule has 7 N–H and O–H groups in total. The number of phenols is 1. The monoisotopic (exact) mass is 478 g/mol. The highest BCUT2D eigenvalue weighted by atomic mass is 16.4. The van der Waals surface area contributed by atoms with Crippen LogP contribution in [0.2, 0.25) is 0 Å². The van der Waals surface area contributed by atoms with Crippen molar-refractivity contribution in [3.63, 3.8) is 0 Å². The number of aliphatic carboxylic acids is 1. The number of aliphatic hydroxyl groups is 1. The van der Waals surface area contributed by atoms with E-state index >= 15 is 0 Å². The Morgan fingerprint density at radius 3 is 2.35 bits per heavy atom. The molecule has 1 aromatic carbocycles. The number of hydrogen-bond acceptors (Lipinski definition) is 7. The summed E-state index contributed by atoms with van der Waals surface area (Å²) in [5, 5.41) is 33.3. The number of nitrogens with zero attached hydrogens (tertiary/aromatic N) is 1. The van der Waals surface area contributed by atoms with Crippen molar-refractivity contribution in [3.8, 4) is 5.75 Å². The van der Waals surface area contributed by atoms with E-state index in [4.69, 9.17) is 5.73 Å². The first kappa shape index (κ1) is 27.1. The number of carboxylic acid groups (broad SMARTS) is 1. The molecule has 1 fully saturated rings. The SMILES string of the molecule is CCC(C)C(N)C(=O)N1CCCC1C(=O)NC(CO)C(=O)NC(Cc1ccc(O)cc1)C(=O)O. The molecule has 1 saturated heterocycles. The topological polar surface area (TPSA) is 182 Å². The van der Waals surface area contributed by atoms with E-state index in [1.807, 2.05) is 13.8 Å². The summed E-state index contributed by atoms with van der Waals surface area (Å²) in [5.74, 6) is -3.15. The van der Waals surface area contributed by atoms with Crippen LogP contribution in [0.15, 0.2) is 24.3 Å². The van der Waals surface area contributed by atoms with E-state index in [-0.39, 0.29) is 24.0 Å². The van der Waals surface area contributed by atoms with Crippen molar-refractivity contribution in [2.45, 2.75) is 63.7 Å². The summed E-state index contributed by atoms with van der Waals surface area (Å²) in [6.45, 7) is 3.39. The number of benzene rings is 1. The standard InChI is InChI=1S/C23H34N4O7/c1-3-13(2)19(24)22(32)27-10-4-5-18(27)21(31)26-17(12-28)20(30)25-16(23(33)34)11-14-6-8-15(29)9-7-14/h6-9,13,16-19,28-29H,3-5,10-12,24H2,1-2H3,(H,25,30)(H,26,31)(H,33,34). The quantitative estimate of drug-likeness (QED) is 0.242. The second-order valence-electron chi connectivity index (χ2n) is 8.61. The summed E-state index contributed by atoms with van der Waals surface area (Å²) in [7, 11) is 0. The minimum atomic E-state index is -1.39. The molecule has 34 heavy (non-hydrogen) atoms. The maximum Gasteiger partial charge on any atom is 0.326 e. The Morgan fingerprint density at radius 1 is 1.15 bits per heavy atom. The number of amides is 3.